The molecule has 1 aliphatic heterocycles. The third kappa shape index (κ3) is 1.74. The summed E-state index contributed by atoms with van der Waals surface area (Å²) in [4.78, 5) is 11.0. The van der Waals surface area contributed by atoms with Gasteiger partial charge in [-0.15, -0.1) is 0 Å². The molecule has 90 valence electrons. The highest BCUT2D eigenvalue weighted by Crippen LogP contribution is 2.27. The van der Waals surface area contributed by atoms with Crippen molar-refractivity contribution in [2.24, 2.45) is 5.92 Å². The van der Waals surface area contributed by atoms with Crippen molar-refractivity contribution in [3.8, 4) is 0 Å². The largest absolute Gasteiger partial charge is 0.396 e. The number of aliphatic hydroxyl groups excluding tert-OH is 1. The number of hydrogen-bond donors (Lipinski definition) is 2. The second-order valence-corrected chi connectivity index (χ2v) is 4.51. The van der Waals surface area contributed by atoms with Crippen molar-refractivity contribution in [2.45, 2.75) is 13.3 Å². The molecular weight excluding hydrogens is 218 g/mol. The van der Waals surface area contributed by atoms with E-state index in [0.717, 1.165) is 42.2 Å². The highest BCUT2D eigenvalue weighted by Gasteiger charge is 2.24. The summed E-state index contributed by atoms with van der Waals surface area (Å²) in [6.45, 7) is 3.91. The summed E-state index contributed by atoms with van der Waals surface area (Å²) in [5.41, 5.74) is 0.778. The van der Waals surface area contributed by atoms with Gasteiger partial charge in [-0.1, -0.05) is 0 Å². The molecule has 1 saturated heterocycles. The third-order valence-electron chi connectivity index (χ3n) is 3.25. The number of nitrogens with one attached hydrogen (secondary N) is 1. The summed E-state index contributed by atoms with van der Waals surface area (Å²) in [6, 6.07) is 0. The van der Waals surface area contributed by atoms with Crippen LogP contribution in [0.5, 0.6) is 0 Å². The first kappa shape index (κ1) is 10.5. The van der Waals surface area contributed by atoms with Crippen LogP contribution in [0, 0.1) is 12.8 Å². The molecule has 1 aliphatic rings. The standard InChI is InChI=1S/C11H15N5O/c1-7-13-10-9(4-12-15-10)11(14-7)16-3-2-8(5-16)6-17/h4,8,17H,2-3,5-6H2,1H3,(H,12,13,14,15). The molecule has 1 fully saturated rings. The van der Waals surface area contributed by atoms with Gasteiger partial charge in [-0.3, -0.25) is 5.10 Å². The van der Waals surface area contributed by atoms with Crippen LogP contribution in [-0.2, 0) is 0 Å². The van der Waals surface area contributed by atoms with Gasteiger partial charge in [-0.2, -0.15) is 5.10 Å². The zero-order chi connectivity index (χ0) is 11.8. The Morgan fingerprint density at radius 1 is 1.53 bits per heavy atom. The maximum Gasteiger partial charge on any atom is 0.161 e. The zero-order valence-electron chi connectivity index (χ0n) is 9.72. The van der Waals surface area contributed by atoms with E-state index in [1.54, 1.807) is 6.20 Å². The summed E-state index contributed by atoms with van der Waals surface area (Å²) in [5, 5.41) is 17.0. The molecule has 1 unspecified atom stereocenters. The minimum atomic E-state index is 0.245. The number of fused-ring (bicyclic) bond motifs is 1. The lowest BCUT2D eigenvalue weighted by atomic mass is 10.1. The van der Waals surface area contributed by atoms with Gasteiger partial charge in [0.1, 0.15) is 11.6 Å². The second kappa shape index (κ2) is 3.96. The first-order valence-corrected chi connectivity index (χ1v) is 5.81. The van der Waals surface area contributed by atoms with E-state index in [1.165, 1.54) is 0 Å². The number of H-pyrrole nitrogens is 1. The Hall–Kier alpha value is -1.69. The summed E-state index contributed by atoms with van der Waals surface area (Å²) in [5.74, 6) is 2.02. The van der Waals surface area contributed by atoms with Crippen LogP contribution in [0.3, 0.4) is 0 Å². The van der Waals surface area contributed by atoms with Crippen molar-refractivity contribution in [3.63, 3.8) is 0 Å². The van der Waals surface area contributed by atoms with Crippen molar-refractivity contribution in [3.05, 3.63) is 12.0 Å². The lowest BCUT2D eigenvalue weighted by Gasteiger charge is -2.18. The lowest BCUT2D eigenvalue weighted by Crippen LogP contribution is -2.22. The zero-order valence-corrected chi connectivity index (χ0v) is 9.72. The summed E-state index contributed by atoms with van der Waals surface area (Å²) < 4.78 is 0. The maximum atomic E-state index is 9.18. The molecule has 2 aromatic rings. The van der Waals surface area contributed by atoms with E-state index in [1.807, 2.05) is 6.92 Å². The number of aromatic amines is 1. The molecule has 0 aliphatic carbocycles. The quantitative estimate of drug-likeness (QED) is 0.788. The Morgan fingerprint density at radius 3 is 3.18 bits per heavy atom. The minimum Gasteiger partial charge on any atom is -0.396 e. The van der Waals surface area contributed by atoms with Crippen molar-refractivity contribution in [1.82, 2.24) is 20.2 Å². The molecule has 0 radical (unpaired) electrons. The molecule has 6 heteroatoms. The molecule has 3 rings (SSSR count). The number of aryl methyl sites for hydroxylation is 1. The SMILES string of the molecule is Cc1nc(N2CCC(CO)C2)c2cn[nH]c2n1. The van der Waals surface area contributed by atoms with Gasteiger partial charge in [0.25, 0.3) is 0 Å². The number of aliphatic hydroxyl groups is 1. The Kier molecular flexibility index (Phi) is 2.44. The number of nitrogens with zero attached hydrogens (tertiary/aromatic N) is 4. The Bertz CT molecular complexity index is 538. The first-order valence-electron chi connectivity index (χ1n) is 5.81. The van der Waals surface area contributed by atoms with Gasteiger partial charge >= 0.3 is 0 Å². The van der Waals surface area contributed by atoms with Crippen LogP contribution >= 0.6 is 0 Å². The lowest BCUT2D eigenvalue weighted by molar-refractivity contribution is 0.238. The van der Waals surface area contributed by atoms with Crippen molar-refractivity contribution in [1.29, 1.82) is 0 Å². The fourth-order valence-electron chi connectivity index (χ4n) is 2.34. The second-order valence-electron chi connectivity index (χ2n) is 4.51. The molecule has 0 amide bonds. The molecule has 6 nitrogen and oxygen atoms in total. The predicted octanol–water partition coefficient (Wildman–Crippen LogP) is 0.480. The van der Waals surface area contributed by atoms with Crippen molar-refractivity contribution >= 4 is 16.9 Å². The van der Waals surface area contributed by atoms with Crippen LogP contribution in [-0.4, -0.2) is 45.0 Å². The average molecular weight is 233 g/mol. The van der Waals surface area contributed by atoms with Crippen LogP contribution in [0.4, 0.5) is 5.82 Å². The molecule has 0 aromatic carbocycles. The van der Waals surface area contributed by atoms with Crippen LogP contribution in [0.1, 0.15) is 12.2 Å². The normalized spacial score (nSPS) is 20.4. The Labute approximate surface area is 98.7 Å². The molecule has 0 bridgehead atoms. The molecule has 3 heterocycles. The Balaban J connectivity index is 2.02. The van der Waals surface area contributed by atoms with E-state index in [2.05, 4.69) is 25.1 Å². The van der Waals surface area contributed by atoms with Gasteiger partial charge in [0.05, 0.1) is 11.6 Å². The van der Waals surface area contributed by atoms with Gasteiger partial charge in [0.15, 0.2) is 5.65 Å². The fourth-order valence-corrected chi connectivity index (χ4v) is 2.34. The molecule has 0 saturated carbocycles. The third-order valence-corrected chi connectivity index (χ3v) is 3.25. The highest BCUT2D eigenvalue weighted by atomic mass is 16.3. The smallest absolute Gasteiger partial charge is 0.161 e. The molecule has 0 spiro atoms. The number of hydrogen-bond acceptors (Lipinski definition) is 5. The van der Waals surface area contributed by atoms with Crippen LogP contribution in [0.25, 0.3) is 11.0 Å². The van der Waals surface area contributed by atoms with E-state index in [-0.39, 0.29) is 6.61 Å². The van der Waals surface area contributed by atoms with E-state index in [4.69, 9.17) is 0 Å². The maximum absolute atomic E-state index is 9.18. The van der Waals surface area contributed by atoms with Gasteiger partial charge in [-0.05, 0) is 13.3 Å². The van der Waals surface area contributed by atoms with E-state index >= 15 is 0 Å². The minimum absolute atomic E-state index is 0.245. The van der Waals surface area contributed by atoms with Crippen LogP contribution in [0.15, 0.2) is 6.20 Å². The van der Waals surface area contributed by atoms with E-state index < -0.39 is 0 Å². The topological polar surface area (TPSA) is 77.9 Å². The van der Waals surface area contributed by atoms with Gasteiger partial charge in [0.2, 0.25) is 0 Å². The van der Waals surface area contributed by atoms with E-state index in [0.29, 0.717) is 5.92 Å². The van der Waals surface area contributed by atoms with Crippen molar-refractivity contribution < 1.29 is 5.11 Å². The van der Waals surface area contributed by atoms with Crippen LogP contribution in [0.2, 0.25) is 0 Å². The number of anilines is 1. The number of aromatic nitrogens is 4. The highest BCUT2D eigenvalue weighted by molar-refractivity contribution is 5.86. The summed E-state index contributed by atoms with van der Waals surface area (Å²) in [7, 11) is 0. The van der Waals surface area contributed by atoms with Gasteiger partial charge < -0.3 is 10.0 Å². The molecule has 17 heavy (non-hydrogen) atoms. The summed E-state index contributed by atoms with van der Waals surface area (Å²) in [6.07, 6.45) is 2.77. The molecular formula is C11H15N5O. The van der Waals surface area contributed by atoms with Crippen LogP contribution < -0.4 is 4.90 Å². The molecule has 2 aromatic heterocycles. The Morgan fingerprint density at radius 2 is 2.41 bits per heavy atom. The fraction of sp³-hybridized carbons (Fsp3) is 0.545. The number of rotatable bonds is 2. The monoisotopic (exact) mass is 233 g/mol. The van der Waals surface area contributed by atoms with E-state index in [9.17, 15) is 5.11 Å². The molecule has 1 atom stereocenters. The van der Waals surface area contributed by atoms with Crippen molar-refractivity contribution in [2.75, 3.05) is 24.6 Å². The predicted molar refractivity (Wildman–Crippen MR) is 63.8 cm³/mol. The first-order chi connectivity index (χ1) is 8.28. The van der Waals surface area contributed by atoms with Gasteiger partial charge in [0, 0.05) is 25.6 Å². The summed E-state index contributed by atoms with van der Waals surface area (Å²) >= 11 is 0. The molecule has 2 N–H and O–H groups in total. The van der Waals surface area contributed by atoms with Gasteiger partial charge in [-0.25, -0.2) is 9.97 Å². The average Bonchev–Trinajstić information content (AvgIpc) is 2.95.